The van der Waals surface area contributed by atoms with Crippen LogP contribution >= 0.6 is 0 Å². The van der Waals surface area contributed by atoms with E-state index in [-0.39, 0.29) is 29.9 Å². The molecule has 1 aromatic carbocycles. The molecule has 0 unspecified atom stereocenters. The SMILES string of the molecule is CC(=O)Nc1ccc(NCC(=O)N[C@H]2CCCC[C@@H]2C)c(C(F)(F)F)c1. The van der Waals surface area contributed by atoms with Gasteiger partial charge in [0.1, 0.15) is 0 Å². The minimum absolute atomic E-state index is 0.0517. The maximum atomic E-state index is 13.3. The Labute approximate surface area is 150 Å². The van der Waals surface area contributed by atoms with Gasteiger partial charge in [-0.25, -0.2) is 0 Å². The summed E-state index contributed by atoms with van der Waals surface area (Å²) in [6.07, 6.45) is -0.481. The minimum Gasteiger partial charge on any atom is -0.376 e. The molecule has 8 heteroatoms. The molecule has 0 aliphatic heterocycles. The number of anilines is 2. The van der Waals surface area contributed by atoms with Crippen molar-refractivity contribution in [1.82, 2.24) is 5.32 Å². The van der Waals surface area contributed by atoms with Crippen molar-refractivity contribution in [2.24, 2.45) is 5.92 Å². The van der Waals surface area contributed by atoms with Gasteiger partial charge < -0.3 is 16.0 Å². The third-order valence-corrected chi connectivity index (χ3v) is 4.54. The number of halogens is 3. The van der Waals surface area contributed by atoms with Crippen molar-refractivity contribution in [3.8, 4) is 0 Å². The molecule has 144 valence electrons. The summed E-state index contributed by atoms with van der Waals surface area (Å²) in [5.41, 5.74) is -1.07. The summed E-state index contributed by atoms with van der Waals surface area (Å²) in [5, 5.41) is 7.78. The third kappa shape index (κ3) is 5.64. The van der Waals surface area contributed by atoms with E-state index in [0.29, 0.717) is 5.92 Å². The lowest BCUT2D eigenvalue weighted by molar-refractivity contribution is -0.137. The van der Waals surface area contributed by atoms with Crippen LogP contribution in [0.2, 0.25) is 0 Å². The lowest BCUT2D eigenvalue weighted by atomic mass is 9.86. The Hall–Kier alpha value is -2.25. The van der Waals surface area contributed by atoms with E-state index in [2.05, 4.69) is 22.9 Å². The number of carbonyl (C=O) groups is 2. The molecule has 1 aromatic rings. The summed E-state index contributed by atoms with van der Waals surface area (Å²) in [6, 6.07) is 3.50. The maximum Gasteiger partial charge on any atom is 0.418 e. The van der Waals surface area contributed by atoms with Gasteiger partial charge in [0, 0.05) is 24.3 Å². The number of nitrogens with one attached hydrogen (secondary N) is 3. The van der Waals surface area contributed by atoms with Crippen molar-refractivity contribution in [3.63, 3.8) is 0 Å². The van der Waals surface area contributed by atoms with Crippen LogP contribution < -0.4 is 16.0 Å². The van der Waals surface area contributed by atoms with Crippen LogP contribution in [-0.4, -0.2) is 24.4 Å². The van der Waals surface area contributed by atoms with Crippen LogP contribution in [0.3, 0.4) is 0 Å². The maximum absolute atomic E-state index is 13.3. The Morgan fingerprint density at radius 3 is 2.50 bits per heavy atom. The molecule has 0 aromatic heterocycles. The normalized spacial score (nSPS) is 20.3. The molecule has 26 heavy (non-hydrogen) atoms. The molecular formula is C18H24F3N3O2. The molecule has 2 atom stereocenters. The molecule has 0 heterocycles. The van der Waals surface area contributed by atoms with E-state index < -0.39 is 17.6 Å². The quantitative estimate of drug-likeness (QED) is 0.738. The van der Waals surface area contributed by atoms with E-state index in [1.165, 1.54) is 19.1 Å². The third-order valence-electron chi connectivity index (χ3n) is 4.54. The first-order valence-corrected chi connectivity index (χ1v) is 8.69. The van der Waals surface area contributed by atoms with Gasteiger partial charge in [-0.05, 0) is 37.0 Å². The van der Waals surface area contributed by atoms with Crippen LogP contribution in [0.5, 0.6) is 0 Å². The van der Waals surface area contributed by atoms with E-state index in [0.717, 1.165) is 31.7 Å². The van der Waals surface area contributed by atoms with Crippen molar-refractivity contribution in [2.45, 2.75) is 51.7 Å². The first-order valence-electron chi connectivity index (χ1n) is 8.69. The Morgan fingerprint density at radius 2 is 1.88 bits per heavy atom. The molecule has 0 radical (unpaired) electrons. The topological polar surface area (TPSA) is 70.2 Å². The molecule has 0 spiro atoms. The second kappa shape index (κ2) is 8.42. The highest BCUT2D eigenvalue weighted by Gasteiger charge is 2.34. The number of benzene rings is 1. The van der Waals surface area contributed by atoms with Crippen molar-refractivity contribution in [3.05, 3.63) is 23.8 Å². The van der Waals surface area contributed by atoms with Crippen molar-refractivity contribution in [2.75, 3.05) is 17.2 Å². The molecule has 0 bridgehead atoms. The summed E-state index contributed by atoms with van der Waals surface area (Å²) in [7, 11) is 0. The highest BCUT2D eigenvalue weighted by Crippen LogP contribution is 2.36. The number of amides is 2. The second-order valence-corrected chi connectivity index (χ2v) is 6.73. The van der Waals surface area contributed by atoms with Crippen LogP contribution in [0, 0.1) is 5.92 Å². The smallest absolute Gasteiger partial charge is 0.376 e. The summed E-state index contributed by atoms with van der Waals surface area (Å²) in [6.45, 7) is 3.04. The van der Waals surface area contributed by atoms with Crippen molar-refractivity contribution < 1.29 is 22.8 Å². The summed E-state index contributed by atoms with van der Waals surface area (Å²) in [4.78, 5) is 23.1. The first-order chi connectivity index (χ1) is 12.2. The summed E-state index contributed by atoms with van der Waals surface area (Å²) >= 11 is 0. The van der Waals surface area contributed by atoms with Gasteiger partial charge in [0.2, 0.25) is 11.8 Å². The van der Waals surface area contributed by atoms with E-state index in [4.69, 9.17) is 0 Å². The summed E-state index contributed by atoms with van der Waals surface area (Å²) in [5.74, 6) is -0.419. The Bertz CT molecular complexity index is 662. The molecule has 5 nitrogen and oxygen atoms in total. The standard InChI is InChI=1S/C18H24F3N3O2/c1-11-5-3-4-6-15(11)24-17(26)10-22-16-8-7-13(23-12(2)25)9-14(16)18(19,20)21/h7-9,11,15,22H,3-6,10H2,1-2H3,(H,23,25)(H,24,26)/t11-,15-/m0/s1. The van der Waals surface area contributed by atoms with Gasteiger partial charge in [-0.3, -0.25) is 9.59 Å². The zero-order valence-corrected chi connectivity index (χ0v) is 14.9. The average molecular weight is 371 g/mol. The number of carbonyl (C=O) groups excluding carboxylic acids is 2. The van der Waals surface area contributed by atoms with E-state index in [9.17, 15) is 22.8 Å². The molecule has 3 N–H and O–H groups in total. The highest BCUT2D eigenvalue weighted by molar-refractivity contribution is 5.89. The molecule has 1 saturated carbocycles. The largest absolute Gasteiger partial charge is 0.418 e. The molecule has 1 aliphatic rings. The van der Waals surface area contributed by atoms with Gasteiger partial charge in [0.05, 0.1) is 12.1 Å². The predicted molar refractivity (Wildman–Crippen MR) is 93.8 cm³/mol. The second-order valence-electron chi connectivity index (χ2n) is 6.73. The van der Waals surface area contributed by atoms with Gasteiger partial charge >= 0.3 is 6.18 Å². The molecule has 2 rings (SSSR count). The van der Waals surface area contributed by atoms with Crippen LogP contribution in [0.15, 0.2) is 18.2 Å². The highest BCUT2D eigenvalue weighted by atomic mass is 19.4. The minimum atomic E-state index is -4.61. The Balaban J connectivity index is 2.03. The molecule has 2 amide bonds. The van der Waals surface area contributed by atoms with Gasteiger partial charge in [-0.2, -0.15) is 13.2 Å². The van der Waals surface area contributed by atoms with Gasteiger partial charge in [0.15, 0.2) is 0 Å². The Kier molecular flexibility index (Phi) is 6.50. The zero-order chi connectivity index (χ0) is 19.3. The van der Waals surface area contributed by atoms with Gasteiger partial charge in [0.25, 0.3) is 0 Å². The summed E-state index contributed by atoms with van der Waals surface area (Å²) < 4.78 is 39.8. The zero-order valence-electron chi connectivity index (χ0n) is 14.9. The van der Waals surface area contributed by atoms with Crippen LogP contribution in [0.4, 0.5) is 24.5 Å². The molecule has 0 saturated heterocycles. The molecule has 1 aliphatic carbocycles. The fraction of sp³-hybridized carbons (Fsp3) is 0.556. The number of alkyl halides is 3. The lowest BCUT2D eigenvalue weighted by Crippen LogP contribution is -2.43. The number of hydrogen-bond donors (Lipinski definition) is 3. The average Bonchev–Trinajstić information content (AvgIpc) is 2.54. The molecular weight excluding hydrogens is 347 g/mol. The van der Waals surface area contributed by atoms with Crippen molar-refractivity contribution >= 4 is 23.2 Å². The fourth-order valence-electron chi connectivity index (χ4n) is 3.18. The predicted octanol–water partition coefficient (Wildman–Crippen LogP) is 3.77. The van der Waals surface area contributed by atoms with E-state index >= 15 is 0 Å². The van der Waals surface area contributed by atoms with E-state index in [1.54, 1.807) is 0 Å². The molecule has 1 fully saturated rings. The van der Waals surface area contributed by atoms with E-state index in [1.807, 2.05) is 0 Å². The first kappa shape index (κ1) is 20.1. The van der Waals surface area contributed by atoms with Gasteiger partial charge in [-0.1, -0.05) is 19.8 Å². The van der Waals surface area contributed by atoms with Crippen LogP contribution in [0.1, 0.15) is 45.1 Å². The van der Waals surface area contributed by atoms with Crippen LogP contribution in [0.25, 0.3) is 0 Å². The van der Waals surface area contributed by atoms with Crippen molar-refractivity contribution in [1.29, 1.82) is 0 Å². The lowest BCUT2D eigenvalue weighted by Gasteiger charge is -2.29. The van der Waals surface area contributed by atoms with Gasteiger partial charge in [-0.15, -0.1) is 0 Å². The van der Waals surface area contributed by atoms with Crippen LogP contribution in [-0.2, 0) is 15.8 Å². The number of rotatable bonds is 5. The Morgan fingerprint density at radius 1 is 1.19 bits per heavy atom. The number of hydrogen-bond acceptors (Lipinski definition) is 3. The fourth-order valence-corrected chi connectivity index (χ4v) is 3.18. The monoisotopic (exact) mass is 371 g/mol.